The Bertz CT molecular complexity index is 794. The average Bonchev–Trinajstić information content (AvgIpc) is 3.29. The minimum atomic E-state index is -0.365. The van der Waals surface area contributed by atoms with Crippen molar-refractivity contribution in [1.82, 2.24) is 29.5 Å². The average molecular weight is 338 g/mol. The van der Waals surface area contributed by atoms with E-state index in [-0.39, 0.29) is 6.03 Å². The van der Waals surface area contributed by atoms with Crippen LogP contribution in [0.25, 0.3) is 0 Å². The van der Waals surface area contributed by atoms with Gasteiger partial charge in [0.05, 0.1) is 0 Å². The zero-order valence-corrected chi connectivity index (χ0v) is 14.4. The summed E-state index contributed by atoms with van der Waals surface area (Å²) in [7, 11) is 0. The lowest BCUT2D eigenvalue weighted by Crippen LogP contribution is -2.23. The fraction of sp³-hybridized carbons (Fsp3) is 0.389. The van der Waals surface area contributed by atoms with Crippen molar-refractivity contribution in [1.29, 1.82) is 0 Å². The van der Waals surface area contributed by atoms with Crippen LogP contribution in [-0.2, 0) is 12.8 Å². The number of unbranched alkanes of at least 4 members (excludes halogenated alkanes) is 3. The number of aromatic nitrogens is 6. The molecule has 0 fully saturated rings. The van der Waals surface area contributed by atoms with Gasteiger partial charge in [0, 0.05) is 12.8 Å². The molecule has 0 bridgehead atoms. The van der Waals surface area contributed by atoms with E-state index in [0.717, 1.165) is 24.8 Å². The summed E-state index contributed by atoms with van der Waals surface area (Å²) in [5.74, 6) is 1.33. The van der Waals surface area contributed by atoms with Crippen LogP contribution in [0.2, 0.25) is 0 Å². The molecule has 1 aromatic carbocycles. The largest absolute Gasteiger partial charge is 0.372 e. The van der Waals surface area contributed by atoms with Crippen molar-refractivity contribution >= 4 is 6.03 Å². The lowest BCUT2D eigenvalue weighted by atomic mass is 10.1. The first-order valence-corrected chi connectivity index (χ1v) is 8.66. The van der Waals surface area contributed by atoms with Crippen LogP contribution in [0.3, 0.4) is 0 Å². The van der Waals surface area contributed by atoms with Gasteiger partial charge in [-0.3, -0.25) is 0 Å². The van der Waals surface area contributed by atoms with E-state index in [1.165, 1.54) is 34.9 Å². The summed E-state index contributed by atoms with van der Waals surface area (Å²) in [6, 6.07) is 9.58. The smallest absolute Gasteiger partial charge is 0.243 e. The molecule has 0 radical (unpaired) electrons. The Morgan fingerprint density at radius 2 is 1.96 bits per heavy atom. The van der Waals surface area contributed by atoms with Crippen LogP contribution in [0.4, 0.5) is 4.79 Å². The Hall–Kier alpha value is -2.83. The van der Waals surface area contributed by atoms with Gasteiger partial charge in [-0.25, -0.2) is 14.8 Å². The van der Waals surface area contributed by atoms with Crippen LogP contribution < -0.4 is 0 Å². The quantitative estimate of drug-likeness (QED) is 0.619. The Morgan fingerprint density at radius 3 is 2.68 bits per heavy atom. The molecule has 0 atom stereocenters. The summed E-state index contributed by atoms with van der Waals surface area (Å²) < 4.78 is 2.51. The predicted molar refractivity (Wildman–Crippen MR) is 93.3 cm³/mol. The number of nitrogens with zero attached hydrogens (tertiary/aromatic N) is 6. The molecule has 7 nitrogen and oxygen atoms in total. The monoisotopic (exact) mass is 338 g/mol. The molecule has 0 N–H and O–H groups in total. The molecule has 0 saturated carbocycles. The highest BCUT2D eigenvalue weighted by Gasteiger charge is 2.18. The summed E-state index contributed by atoms with van der Waals surface area (Å²) in [4.78, 5) is 21.1. The number of carbonyl (C=O) groups excluding carboxylic acids is 1. The molecule has 130 valence electrons. The summed E-state index contributed by atoms with van der Waals surface area (Å²) in [6.45, 7) is 2.18. The third-order valence-corrected chi connectivity index (χ3v) is 3.97. The maximum absolute atomic E-state index is 12.6. The Labute approximate surface area is 146 Å². The Morgan fingerprint density at radius 1 is 1.12 bits per heavy atom. The SMILES string of the molecule is CCCCCCc1nc(Cc2ccccc2)n(C(=O)n2cncn2)n1. The fourth-order valence-electron chi connectivity index (χ4n) is 2.66. The van der Waals surface area contributed by atoms with Crippen LogP contribution in [0.1, 0.15) is 49.8 Å². The first kappa shape index (κ1) is 17.0. The van der Waals surface area contributed by atoms with Crippen molar-refractivity contribution < 1.29 is 4.79 Å². The predicted octanol–water partition coefficient (Wildman–Crippen LogP) is 3.10. The normalized spacial score (nSPS) is 10.9. The molecule has 0 aliphatic rings. The lowest BCUT2D eigenvalue weighted by Gasteiger charge is -2.04. The molecular weight excluding hydrogens is 316 g/mol. The van der Waals surface area contributed by atoms with E-state index in [9.17, 15) is 4.79 Å². The molecular formula is C18H22N6O. The summed E-state index contributed by atoms with van der Waals surface area (Å²) in [6.07, 6.45) is 8.59. The molecule has 0 unspecified atom stereocenters. The first-order chi connectivity index (χ1) is 12.3. The van der Waals surface area contributed by atoms with Crippen LogP contribution in [0, 0.1) is 0 Å². The third-order valence-electron chi connectivity index (χ3n) is 3.97. The van der Waals surface area contributed by atoms with Gasteiger partial charge in [0.1, 0.15) is 18.5 Å². The van der Waals surface area contributed by atoms with Gasteiger partial charge in [0.2, 0.25) is 0 Å². The molecule has 3 rings (SSSR count). The zero-order valence-electron chi connectivity index (χ0n) is 14.4. The fourth-order valence-corrected chi connectivity index (χ4v) is 2.66. The first-order valence-electron chi connectivity index (χ1n) is 8.66. The number of aryl methyl sites for hydroxylation is 1. The highest BCUT2D eigenvalue weighted by molar-refractivity contribution is 5.77. The van der Waals surface area contributed by atoms with E-state index in [2.05, 4.69) is 27.1 Å². The highest BCUT2D eigenvalue weighted by atomic mass is 16.2. The van der Waals surface area contributed by atoms with Crippen molar-refractivity contribution in [2.45, 2.75) is 45.4 Å². The molecule has 7 heteroatoms. The molecule has 0 spiro atoms. The van der Waals surface area contributed by atoms with Gasteiger partial charge in [-0.15, -0.1) is 5.10 Å². The molecule has 0 amide bonds. The Balaban J connectivity index is 1.82. The number of benzene rings is 1. The van der Waals surface area contributed by atoms with Gasteiger partial charge in [-0.05, 0) is 12.0 Å². The van der Waals surface area contributed by atoms with Crippen LogP contribution >= 0.6 is 0 Å². The molecule has 2 aromatic heterocycles. The summed E-state index contributed by atoms with van der Waals surface area (Å²) in [5.41, 5.74) is 1.08. The zero-order chi connectivity index (χ0) is 17.5. The number of hydrogen-bond donors (Lipinski definition) is 0. The maximum atomic E-state index is 12.6. The van der Waals surface area contributed by atoms with Gasteiger partial charge in [0.15, 0.2) is 5.82 Å². The Kier molecular flexibility index (Phi) is 5.66. The second-order valence-corrected chi connectivity index (χ2v) is 5.95. The van der Waals surface area contributed by atoms with Gasteiger partial charge in [0.25, 0.3) is 0 Å². The molecule has 3 aromatic rings. The van der Waals surface area contributed by atoms with Gasteiger partial charge in [-0.2, -0.15) is 14.5 Å². The molecule has 0 aliphatic carbocycles. The number of carbonyl (C=O) groups is 1. The van der Waals surface area contributed by atoms with Crippen molar-refractivity contribution in [2.24, 2.45) is 0 Å². The molecule has 25 heavy (non-hydrogen) atoms. The molecule has 0 saturated heterocycles. The van der Waals surface area contributed by atoms with Crippen LogP contribution in [0.5, 0.6) is 0 Å². The van der Waals surface area contributed by atoms with Gasteiger partial charge in [-0.1, -0.05) is 56.5 Å². The van der Waals surface area contributed by atoms with Crippen molar-refractivity contribution in [3.05, 3.63) is 60.2 Å². The van der Waals surface area contributed by atoms with Crippen LogP contribution in [-0.4, -0.2) is 35.6 Å². The second-order valence-electron chi connectivity index (χ2n) is 5.95. The van der Waals surface area contributed by atoms with Crippen molar-refractivity contribution in [3.8, 4) is 0 Å². The van der Waals surface area contributed by atoms with Crippen LogP contribution in [0.15, 0.2) is 43.0 Å². The number of rotatable bonds is 7. The van der Waals surface area contributed by atoms with Crippen molar-refractivity contribution in [3.63, 3.8) is 0 Å². The van der Waals surface area contributed by atoms with E-state index in [0.29, 0.717) is 18.1 Å². The summed E-state index contributed by atoms with van der Waals surface area (Å²) >= 11 is 0. The maximum Gasteiger partial charge on any atom is 0.372 e. The standard InChI is InChI=1S/C18H22N6O/c1-2-3-4-8-11-16-21-17(12-15-9-6-5-7-10-15)24(22-16)18(25)23-14-19-13-20-23/h5-7,9-10,13-14H,2-4,8,11-12H2,1H3. The van der Waals surface area contributed by atoms with Gasteiger partial charge >= 0.3 is 6.03 Å². The van der Waals surface area contributed by atoms with E-state index >= 15 is 0 Å². The molecule has 2 heterocycles. The lowest BCUT2D eigenvalue weighted by molar-refractivity contribution is 0.237. The van der Waals surface area contributed by atoms with Gasteiger partial charge < -0.3 is 0 Å². The van der Waals surface area contributed by atoms with E-state index in [4.69, 9.17) is 0 Å². The molecule has 0 aliphatic heterocycles. The van der Waals surface area contributed by atoms with Crippen molar-refractivity contribution in [2.75, 3.05) is 0 Å². The van der Waals surface area contributed by atoms with E-state index in [1.54, 1.807) is 0 Å². The summed E-state index contributed by atoms with van der Waals surface area (Å²) in [5, 5.41) is 8.33. The minimum Gasteiger partial charge on any atom is -0.243 e. The third kappa shape index (κ3) is 4.37. The highest BCUT2D eigenvalue weighted by Crippen LogP contribution is 2.11. The minimum absolute atomic E-state index is 0.365. The van der Waals surface area contributed by atoms with E-state index in [1.807, 2.05) is 30.3 Å². The topological polar surface area (TPSA) is 78.5 Å². The number of hydrogen-bond acceptors (Lipinski definition) is 5. The van der Waals surface area contributed by atoms with E-state index < -0.39 is 0 Å². The second kappa shape index (κ2) is 8.32.